The van der Waals surface area contributed by atoms with Crippen LogP contribution in [0.3, 0.4) is 0 Å². The van der Waals surface area contributed by atoms with Gasteiger partial charge >= 0.3 is 0 Å². The molecular weight excluding hydrogens is 368 g/mol. The molecule has 3 heterocycles. The van der Waals surface area contributed by atoms with Crippen LogP contribution in [0.1, 0.15) is 60.5 Å². The molecule has 0 aromatic carbocycles. The molecule has 1 atom stereocenters. The Morgan fingerprint density at radius 3 is 2.69 bits per heavy atom. The summed E-state index contributed by atoms with van der Waals surface area (Å²) in [6, 6.07) is 3.80. The van der Waals surface area contributed by atoms with Crippen LogP contribution in [0, 0.1) is 5.92 Å². The number of carbonyl (C=O) groups excluding carboxylic acids is 2. The van der Waals surface area contributed by atoms with E-state index in [2.05, 4.69) is 26.0 Å². The van der Waals surface area contributed by atoms with Crippen molar-refractivity contribution in [1.82, 2.24) is 25.4 Å². The molecular formula is C21H30N6O2. The summed E-state index contributed by atoms with van der Waals surface area (Å²) in [6.45, 7) is 9.19. The maximum atomic E-state index is 12.7. The van der Waals surface area contributed by atoms with E-state index in [1.807, 2.05) is 32.4 Å². The van der Waals surface area contributed by atoms with Crippen LogP contribution in [0.2, 0.25) is 0 Å². The monoisotopic (exact) mass is 398 g/mol. The number of hydrogen-bond donors (Lipinski definition) is 3. The molecule has 8 nitrogen and oxygen atoms in total. The number of amides is 2. The van der Waals surface area contributed by atoms with Gasteiger partial charge in [-0.25, -0.2) is 4.98 Å². The van der Waals surface area contributed by atoms with Gasteiger partial charge < -0.3 is 16.0 Å². The summed E-state index contributed by atoms with van der Waals surface area (Å²) in [5, 5.41) is 13.5. The molecule has 3 N–H and O–H groups in total. The average molecular weight is 399 g/mol. The van der Waals surface area contributed by atoms with E-state index in [1.54, 1.807) is 24.5 Å². The number of anilines is 1. The largest absolute Gasteiger partial charge is 0.367 e. The van der Waals surface area contributed by atoms with Crippen molar-refractivity contribution in [3.05, 3.63) is 41.3 Å². The minimum Gasteiger partial charge on any atom is -0.367 e. The number of nitrogens with zero attached hydrogens (tertiary/aromatic N) is 3. The summed E-state index contributed by atoms with van der Waals surface area (Å²) in [6.07, 6.45) is 4.94. The van der Waals surface area contributed by atoms with Gasteiger partial charge in [0.2, 0.25) is 0 Å². The minimum absolute atomic E-state index is 0.0739. The van der Waals surface area contributed by atoms with E-state index < -0.39 is 0 Å². The first-order valence-electron chi connectivity index (χ1n) is 10.2. The van der Waals surface area contributed by atoms with Crippen molar-refractivity contribution >= 4 is 17.6 Å². The van der Waals surface area contributed by atoms with Gasteiger partial charge in [-0.3, -0.25) is 14.3 Å². The van der Waals surface area contributed by atoms with Gasteiger partial charge in [-0.05, 0) is 58.6 Å². The predicted octanol–water partition coefficient (Wildman–Crippen LogP) is 2.23. The van der Waals surface area contributed by atoms with Crippen LogP contribution in [0.5, 0.6) is 0 Å². The predicted molar refractivity (Wildman–Crippen MR) is 112 cm³/mol. The van der Waals surface area contributed by atoms with E-state index in [9.17, 15) is 9.59 Å². The second-order valence-corrected chi connectivity index (χ2v) is 8.12. The molecule has 156 valence electrons. The Balaban J connectivity index is 1.63. The lowest BCUT2D eigenvalue weighted by atomic mass is 9.94. The lowest BCUT2D eigenvalue weighted by Gasteiger charge is -2.24. The lowest BCUT2D eigenvalue weighted by Crippen LogP contribution is -2.35. The Morgan fingerprint density at radius 1 is 1.17 bits per heavy atom. The molecule has 0 unspecified atom stereocenters. The zero-order valence-electron chi connectivity index (χ0n) is 17.5. The van der Waals surface area contributed by atoms with E-state index in [1.165, 1.54) is 0 Å². The third-order valence-electron chi connectivity index (χ3n) is 4.87. The van der Waals surface area contributed by atoms with Gasteiger partial charge in [0.15, 0.2) is 0 Å². The van der Waals surface area contributed by atoms with Crippen LogP contribution in [0.4, 0.5) is 5.82 Å². The van der Waals surface area contributed by atoms with E-state index in [4.69, 9.17) is 0 Å². The van der Waals surface area contributed by atoms with Gasteiger partial charge in [-0.1, -0.05) is 0 Å². The second kappa shape index (κ2) is 9.07. The SMILES string of the molecule is CC(C)NC(=O)c1cnn2c1C[C@H](CNC(=O)c1cccnc1NC(C)C)CC2. The van der Waals surface area contributed by atoms with Crippen LogP contribution in [-0.4, -0.2) is 45.2 Å². The maximum Gasteiger partial charge on any atom is 0.255 e. The summed E-state index contributed by atoms with van der Waals surface area (Å²) >= 11 is 0. The summed E-state index contributed by atoms with van der Waals surface area (Å²) in [4.78, 5) is 29.4. The van der Waals surface area contributed by atoms with Crippen molar-refractivity contribution in [3.63, 3.8) is 0 Å². The Hall–Kier alpha value is -2.90. The van der Waals surface area contributed by atoms with Crippen molar-refractivity contribution in [2.45, 2.75) is 59.2 Å². The maximum absolute atomic E-state index is 12.7. The molecule has 2 aromatic rings. The first-order chi connectivity index (χ1) is 13.8. The molecule has 1 aliphatic rings. The standard InChI is InChI=1S/C21H30N6O2/c1-13(2)25-19-16(6-5-8-22-19)20(28)23-11-15-7-9-27-18(10-15)17(12-24-27)21(29)26-14(3)4/h5-6,8,12-15H,7,9-11H2,1-4H3,(H,22,25)(H,23,28)(H,26,29)/t15-/m1/s1. The van der Waals surface area contributed by atoms with Gasteiger partial charge in [0.1, 0.15) is 5.82 Å². The Labute approximate surface area is 171 Å². The smallest absolute Gasteiger partial charge is 0.255 e. The van der Waals surface area contributed by atoms with E-state index >= 15 is 0 Å². The van der Waals surface area contributed by atoms with Crippen molar-refractivity contribution < 1.29 is 9.59 Å². The molecule has 29 heavy (non-hydrogen) atoms. The number of aryl methyl sites for hydroxylation is 1. The van der Waals surface area contributed by atoms with Crippen LogP contribution in [-0.2, 0) is 13.0 Å². The number of pyridine rings is 1. The number of carbonyl (C=O) groups is 2. The first kappa shape index (κ1) is 20.8. The quantitative estimate of drug-likeness (QED) is 0.664. The van der Waals surface area contributed by atoms with Crippen molar-refractivity contribution in [3.8, 4) is 0 Å². The number of aromatic nitrogens is 3. The fourth-order valence-electron chi connectivity index (χ4n) is 3.51. The Bertz CT molecular complexity index is 874. The Kier molecular flexibility index (Phi) is 6.51. The first-order valence-corrected chi connectivity index (χ1v) is 10.2. The van der Waals surface area contributed by atoms with Gasteiger partial charge in [0, 0.05) is 31.4 Å². The fraction of sp³-hybridized carbons (Fsp3) is 0.524. The van der Waals surface area contributed by atoms with Gasteiger partial charge in [0.25, 0.3) is 11.8 Å². The van der Waals surface area contributed by atoms with Gasteiger partial charge in [-0.2, -0.15) is 5.10 Å². The molecule has 3 rings (SSSR count). The summed E-state index contributed by atoms with van der Waals surface area (Å²) in [5.41, 5.74) is 2.11. The van der Waals surface area contributed by atoms with E-state index in [0.29, 0.717) is 29.9 Å². The van der Waals surface area contributed by atoms with Crippen LogP contribution in [0.25, 0.3) is 0 Å². The van der Waals surface area contributed by atoms with E-state index in [-0.39, 0.29) is 29.8 Å². The Morgan fingerprint density at radius 2 is 1.97 bits per heavy atom. The highest BCUT2D eigenvalue weighted by molar-refractivity contribution is 5.98. The highest BCUT2D eigenvalue weighted by Crippen LogP contribution is 2.23. The molecule has 0 bridgehead atoms. The highest BCUT2D eigenvalue weighted by Gasteiger charge is 2.26. The van der Waals surface area contributed by atoms with Crippen LogP contribution < -0.4 is 16.0 Å². The molecule has 0 fully saturated rings. The number of rotatable bonds is 7. The number of hydrogen-bond acceptors (Lipinski definition) is 5. The van der Waals surface area contributed by atoms with Crippen molar-refractivity contribution in [2.75, 3.05) is 11.9 Å². The molecule has 0 radical (unpaired) electrons. The third-order valence-corrected chi connectivity index (χ3v) is 4.87. The molecule has 0 saturated heterocycles. The highest BCUT2D eigenvalue weighted by atomic mass is 16.2. The molecule has 2 aromatic heterocycles. The lowest BCUT2D eigenvalue weighted by molar-refractivity contribution is 0.0930. The van der Waals surface area contributed by atoms with Gasteiger partial charge in [-0.15, -0.1) is 0 Å². The molecule has 8 heteroatoms. The molecule has 2 amide bonds. The van der Waals surface area contributed by atoms with Crippen molar-refractivity contribution in [2.24, 2.45) is 5.92 Å². The molecule has 0 aliphatic carbocycles. The van der Waals surface area contributed by atoms with Crippen LogP contribution in [0.15, 0.2) is 24.5 Å². The van der Waals surface area contributed by atoms with E-state index in [0.717, 1.165) is 18.7 Å². The van der Waals surface area contributed by atoms with Crippen molar-refractivity contribution in [1.29, 1.82) is 0 Å². The summed E-state index contributed by atoms with van der Waals surface area (Å²) in [5.74, 6) is 0.616. The zero-order chi connectivity index (χ0) is 21.0. The molecule has 0 saturated carbocycles. The second-order valence-electron chi connectivity index (χ2n) is 8.12. The van der Waals surface area contributed by atoms with Gasteiger partial charge in [0.05, 0.1) is 23.0 Å². The van der Waals surface area contributed by atoms with Crippen LogP contribution >= 0.6 is 0 Å². The molecule has 1 aliphatic heterocycles. The zero-order valence-corrected chi connectivity index (χ0v) is 17.5. The summed E-state index contributed by atoms with van der Waals surface area (Å²) < 4.78 is 1.90. The third kappa shape index (κ3) is 5.13. The minimum atomic E-state index is -0.141. The number of nitrogens with one attached hydrogen (secondary N) is 3. The normalized spacial score (nSPS) is 15.9. The molecule has 0 spiro atoms. The number of fused-ring (bicyclic) bond motifs is 1. The fourth-order valence-corrected chi connectivity index (χ4v) is 3.51. The average Bonchev–Trinajstić information content (AvgIpc) is 3.09. The summed E-state index contributed by atoms with van der Waals surface area (Å²) in [7, 11) is 0. The topological polar surface area (TPSA) is 101 Å².